The van der Waals surface area contributed by atoms with Crippen molar-refractivity contribution in [1.82, 2.24) is 9.13 Å². The Balaban J connectivity index is 0.000000214. The average molecular weight is 703 g/mol. The van der Waals surface area contributed by atoms with Gasteiger partial charge in [-0.2, -0.15) is 0 Å². The number of nitrogens with zero attached hydrogens (tertiary/aromatic N) is 2. The minimum absolute atomic E-state index is 0. The normalized spacial score (nSPS) is 9.46. The van der Waals surface area contributed by atoms with Crippen LogP contribution >= 0.6 is 0 Å². The minimum atomic E-state index is -0.302. The molecule has 0 N–H and O–H groups in total. The summed E-state index contributed by atoms with van der Waals surface area (Å²) in [6.07, 6.45) is 0. The number of fused-ring (bicyclic) bond motifs is 2. The zero-order chi connectivity index (χ0) is 28.7. The number of hydrogen-bond donors (Lipinski definition) is 0. The van der Waals surface area contributed by atoms with Crippen LogP contribution in [0.5, 0.6) is 0 Å². The second-order valence-corrected chi connectivity index (χ2v) is 11.6. The van der Waals surface area contributed by atoms with E-state index in [1.54, 1.807) is 37.3 Å². The van der Waals surface area contributed by atoms with Crippen molar-refractivity contribution in [2.75, 3.05) is 28.2 Å². The molecule has 0 aromatic heterocycles. The van der Waals surface area contributed by atoms with Gasteiger partial charge in [-0.3, -0.25) is 0 Å². The third-order valence-electron chi connectivity index (χ3n) is 5.82. The third kappa shape index (κ3) is 11.5. The van der Waals surface area contributed by atoms with Crippen molar-refractivity contribution in [1.29, 1.82) is 0 Å². The summed E-state index contributed by atoms with van der Waals surface area (Å²) in [4.78, 5) is 0. The van der Waals surface area contributed by atoms with Crippen LogP contribution in [0.15, 0.2) is 133 Å². The van der Waals surface area contributed by atoms with Gasteiger partial charge in [-0.25, -0.2) is 0 Å². The monoisotopic (exact) mass is 700 g/mol. The molecule has 4 nitrogen and oxygen atoms in total. The van der Waals surface area contributed by atoms with Crippen LogP contribution < -0.4 is 0 Å². The summed E-state index contributed by atoms with van der Waals surface area (Å²) in [6, 6.07) is 46.9. The first-order valence-electron chi connectivity index (χ1n) is 12.9. The van der Waals surface area contributed by atoms with Crippen molar-refractivity contribution in [2.45, 2.75) is 0 Å². The Kier molecular flexibility index (Phi) is 15.5. The molecule has 41 heavy (non-hydrogen) atoms. The quantitative estimate of drug-likeness (QED) is 0.141. The maximum atomic E-state index is 9.58. The van der Waals surface area contributed by atoms with Crippen molar-refractivity contribution in [3.63, 3.8) is 0 Å². The van der Waals surface area contributed by atoms with Gasteiger partial charge in [0.2, 0.25) is 0 Å². The van der Waals surface area contributed by atoms with E-state index in [0.29, 0.717) is 0 Å². The van der Waals surface area contributed by atoms with Crippen LogP contribution in [0, 0.1) is 40.8 Å². The van der Waals surface area contributed by atoms with E-state index in [-0.39, 0.29) is 60.0 Å². The molecule has 0 saturated carbocycles. The first-order chi connectivity index (χ1) is 19.4. The fourth-order valence-electron chi connectivity index (χ4n) is 3.90. The fraction of sp³-hybridized carbons (Fsp3) is 0.118. The van der Waals surface area contributed by atoms with E-state index >= 15 is 0 Å². The molecule has 0 aliphatic heterocycles. The second kappa shape index (κ2) is 18.5. The Hall–Kier alpha value is -2.92. The molecule has 0 spiro atoms. The van der Waals surface area contributed by atoms with Gasteiger partial charge in [0.05, 0.1) is 0 Å². The molecule has 2 radical (unpaired) electrons. The average Bonchev–Trinajstić information content (AvgIpc) is 3.64. The van der Waals surface area contributed by atoms with E-state index < -0.39 is 0 Å². The van der Waals surface area contributed by atoms with Crippen LogP contribution in [-0.4, -0.2) is 56.5 Å². The molecule has 206 valence electrons. The van der Waals surface area contributed by atoms with E-state index in [4.69, 9.17) is 0 Å². The summed E-state index contributed by atoms with van der Waals surface area (Å²) in [5.74, 6) is 0. The van der Waals surface area contributed by atoms with Crippen LogP contribution in [0.4, 0.5) is 0 Å². The minimum Gasteiger partial charge on any atom is -0.379 e. The Morgan fingerprint density at radius 2 is 0.780 bits per heavy atom. The van der Waals surface area contributed by atoms with Crippen LogP contribution in [0.2, 0.25) is 0 Å². The Bertz CT molecular complexity index is 1410. The van der Waals surface area contributed by atoms with E-state index in [9.17, 15) is 8.92 Å². The molecular formula is C34H34N2NdO2Si2-2. The third-order valence-corrected chi connectivity index (χ3v) is 6.55. The van der Waals surface area contributed by atoms with Crippen molar-refractivity contribution in [3.8, 4) is 22.3 Å². The molecule has 0 amide bonds. The van der Waals surface area contributed by atoms with E-state index in [2.05, 4.69) is 121 Å². The molecule has 0 aliphatic carbocycles. The van der Waals surface area contributed by atoms with Gasteiger partial charge in [0.25, 0.3) is 0 Å². The molecule has 0 fully saturated rings. The predicted molar refractivity (Wildman–Crippen MR) is 170 cm³/mol. The van der Waals surface area contributed by atoms with Crippen molar-refractivity contribution >= 4 is 40.7 Å². The Morgan fingerprint density at radius 1 is 0.488 bits per heavy atom. The summed E-state index contributed by atoms with van der Waals surface area (Å²) >= 11 is 0. The van der Waals surface area contributed by atoms with Gasteiger partial charge in [-0.05, 0) is 28.2 Å². The number of hydrogen-bond acceptors (Lipinski definition) is 2. The van der Waals surface area contributed by atoms with Crippen LogP contribution in [-0.2, 0) is 8.92 Å². The largest absolute Gasteiger partial charge is 0.465 e. The van der Waals surface area contributed by atoms with Crippen LogP contribution in [0.1, 0.15) is 0 Å². The first-order valence-corrected chi connectivity index (χ1v) is 14.6. The van der Waals surface area contributed by atoms with E-state index in [1.165, 1.54) is 43.8 Å². The van der Waals surface area contributed by atoms with Crippen LogP contribution in [0.3, 0.4) is 0 Å². The number of benzene rings is 4. The fourth-order valence-corrected chi connectivity index (χ4v) is 3.90. The maximum absolute atomic E-state index is 9.58. The van der Waals surface area contributed by atoms with Crippen molar-refractivity contribution < 1.29 is 49.8 Å². The topological polar surface area (TPSA) is 40.6 Å². The molecule has 6 rings (SSSR count). The molecule has 0 saturated heterocycles. The zero-order valence-corrected chi connectivity index (χ0v) is 29.1. The molecule has 0 bridgehead atoms. The molecule has 6 aromatic rings. The van der Waals surface area contributed by atoms with E-state index in [0.717, 1.165) is 0 Å². The van der Waals surface area contributed by atoms with Gasteiger partial charge in [0.15, 0.2) is 0 Å². The summed E-state index contributed by atoms with van der Waals surface area (Å²) in [5.41, 5.74) is 5.18. The molecule has 6 aromatic carbocycles. The SMILES string of the molecule is CN(C)[Si]=O.CN(C)[Si]=O.[Nd].c1ccc(-c2cc3ccccc3[cH-]2)cc1.c1ccc(-c2cc3ccccc3[cH-]2)cc1. The summed E-state index contributed by atoms with van der Waals surface area (Å²) in [7, 11) is 6.42. The van der Waals surface area contributed by atoms with E-state index in [1.807, 2.05) is 12.1 Å². The smallest absolute Gasteiger partial charge is 0.379 e. The van der Waals surface area contributed by atoms with Gasteiger partial charge in [0, 0.05) is 40.8 Å². The summed E-state index contributed by atoms with van der Waals surface area (Å²) in [6.45, 7) is 0. The van der Waals surface area contributed by atoms with Crippen LogP contribution in [0.25, 0.3) is 43.8 Å². The molecule has 0 aliphatic rings. The summed E-state index contributed by atoms with van der Waals surface area (Å²) in [5, 5.41) is 5.26. The molecule has 0 atom stereocenters. The Labute approximate surface area is 281 Å². The van der Waals surface area contributed by atoms with Gasteiger partial charge in [0.1, 0.15) is 0 Å². The second-order valence-electron chi connectivity index (χ2n) is 9.45. The Morgan fingerprint density at radius 3 is 1.07 bits per heavy atom. The molecular weight excluding hydrogens is 669 g/mol. The number of rotatable bonds is 4. The maximum Gasteiger partial charge on any atom is 0.465 e. The molecule has 0 unspecified atom stereocenters. The van der Waals surface area contributed by atoms with Gasteiger partial charge in [-0.15, -0.1) is 69.1 Å². The van der Waals surface area contributed by atoms with Crippen molar-refractivity contribution in [3.05, 3.63) is 133 Å². The van der Waals surface area contributed by atoms with Gasteiger partial charge >= 0.3 is 19.1 Å². The van der Waals surface area contributed by atoms with Gasteiger partial charge < -0.3 is 18.1 Å². The summed E-state index contributed by atoms with van der Waals surface area (Å²) < 4.78 is 22.4. The zero-order valence-electron chi connectivity index (χ0n) is 23.9. The van der Waals surface area contributed by atoms with Crippen molar-refractivity contribution in [2.24, 2.45) is 0 Å². The molecule has 7 heteroatoms. The first kappa shape index (κ1) is 34.3. The standard InChI is InChI=1S/2C15H11.2C2H6NOSi.Nd/c2*1-2-6-12(7-3-1)15-10-13-8-4-5-9-14(13)11-15;2*1-3(2)5-4;/h2*1-11H;2*1-2H3;/q2*-1;;;. The predicted octanol–water partition coefficient (Wildman–Crippen LogP) is 7.48. The molecule has 0 heterocycles. The van der Waals surface area contributed by atoms with Gasteiger partial charge in [-0.1, -0.05) is 108 Å².